The van der Waals surface area contributed by atoms with Gasteiger partial charge >= 0.3 is 12.0 Å². The van der Waals surface area contributed by atoms with Crippen LogP contribution in [0.5, 0.6) is 0 Å². The Hall–Kier alpha value is -2.80. The van der Waals surface area contributed by atoms with Crippen molar-refractivity contribution in [2.24, 2.45) is 0 Å². The van der Waals surface area contributed by atoms with E-state index in [0.717, 1.165) is 22.2 Å². The summed E-state index contributed by atoms with van der Waals surface area (Å²) in [4.78, 5) is 27.0. The Balaban J connectivity index is 1.86. The molecular weight excluding hydrogens is 314 g/mol. The average molecular weight is 329 g/mol. The molecule has 0 atom stereocenters. The van der Waals surface area contributed by atoms with Gasteiger partial charge in [0.15, 0.2) is 0 Å². The van der Waals surface area contributed by atoms with Gasteiger partial charge in [-0.15, -0.1) is 11.3 Å². The summed E-state index contributed by atoms with van der Waals surface area (Å²) in [6.07, 6.45) is 1.73. The summed E-state index contributed by atoms with van der Waals surface area (Å²) in [6, 6.07) is 4.79. The Kier molecular flexibility index (Phi) is 4.03. The number of aromatic amines is 1. The van der Waals surface area contributed by atoms with E-state index in [-0.39, 0.29) is 6.03 Å². The van der Waals surface area contributed by atoms with E-state index in [1.807, 2.05) is 17.7 Å². The predicted molar refractivity (Wildman–Crippen MR) is 91.3 cm³/mol. The molecule has 7 heteroatoms. The maximum Gasteiger partial charge on any atom is 0.338 e. The fourth-order valence-corrected chi connectivity index (χ4v) is 3.07. The van der Waals surface area contributed by atoms with Crippen LogP contribution in [0.1, 0.15) is 15.9 Å². The first-order valence-corrected chi connectivity index (χ1v) is 7.83. The molecule has 0 aliphatic rings. The summed E-state index contributed by atoms with van der Waals surface area (Å²) in [5, 5.41) is 10.1. The molecule has 2 amide bonds. The lowest BCUT2D eigenvalue weighted by molar-refractivity contribution is 0.0603. The van der Waals surface area contributed by atoms with Gasteiger partial charge in [0.05, 0.1) is 18.4 Å². The first-order chi connectivity index (χ1) is 11.1. The highest BCUT2D eigenvalue weighted by molar-refractivity contribution is 7.08. The number of carbonyl (C=O) groups is 2. The van der Waals surface area contributed by atoms with Crippen LogP contribution < -0.4 is 10.6 Å². The van der Waals surface area contributed by atoms with Crippen molar-refractivity contribution in [3.63, 3.8) is 0 Å². The molecule has 23 heavy (non-hydrogen) atoms. The minimum absolute atomic E-state index is 0.367. The molecule has 0 aliphatic carbocycles. The number of amides is 2. The maximum absolute atomic E-state index is 12.1. The number of thiophene rings is 1. The van der Waals surface area contributed by atoms with Gasteiger partial charge in [0.1, 0.15) is 0 Å². The van der Waals surface area contributed by atoms with E-state index < -0.39 is 5.97 Å². The lowest BCUT2D eigenvalue weighted by Gasteiger charge is -2.09. The van der Waals surface area contributed by atoms with Gasteiger partial charge in [0.2, 0.25) is 0 Å². The number of nitrogens with one attached hydrogen (secondary N) is 3. The smallest absolute Gasteiger partial charge is 0.338 e. The minimum Gasteiger partial charge on any atom is -0.465 e. The average Bonchev–Trinajstić information content (AvgIpc) is 3.15. The molecule has 0 saturated carbocycles. The second-order valence-electron chi connectivity index (χ2n) is 5.00. The van der Waals surface area contributed by atoms with Crippen LogP contribution in [-0.2, 0) is 4.74 Å². The van der Waals surface area contributed by atoms with Crippen LogP contribution in [0, 0.1) is 6.92 Å². The molecule has 1 aromatic carbocycles. The SMILES string of the molecule is COC(=O)c1cc(NC(=O)Nc2cscc2C)cc2[nH]ccc12. The molecule has 3 N–H and O–H groups in total. The predicted octanol–water partition coefficient (Wildman–Crippen LogP) is 3.97. The molecule has 118 valence electrons. The molecule has 2 aromatic heterocycles. The molecule has 0 aliphatic heterocycles. The molecule has 6 nitrogen and oxygen atoms in total. The number of hydrogen-bond acceptors (Lipinski definition) is 4. The Labute approximate surface area is 136 Å². The van der Waals surface area contributed by atoms with Crippen molar-refractivity contribution in [3.05, 3.63) is 46.3 Å². The third kappa shape index (κ3) is 3.04. The molecule has 0 fully saturated rings. The zero-order valence-corrected chi connectivity index (χ0v) is 13.4. The number of benzene rings is 1. The van der Waals surface area contributed by atoms with Crippen LogP contribution in [0.2, 0.25) is 0 Å². The summed E-state index contributed by atoms with van der Waals surface area (Å²) in [5.41, 5.74) is 3.41. The number of esters is 1. The standard InChI is InChI=1S/C16H15N3O3S/c1-9-7-23-8-14(9)19-16(21)18-10-5-12(15(20)22-2)11-3-4-17-13(11)6-10/h3-8,17H,1-2H3,(H2,18,19,21). The number of urea groups is 1. The van der Waals surface area contributed by atoms with Crippen molar-refractivity contribution < 1.29 is 14.3 Å². The Morgan fingerprint density at radius 3 is 2.74 bits per heavy atom. The van der Waals surface area contributed by atoms with Crippen LogP contribution in [0.4, 0.5) is 16.2 Å². The van der Waals surface area contributed by atoms with Crippen molar-refractivity contribution in [1.29, 1.82) is 0 Å². The first kappa shape index (κ1) is 15.1. The number of methoxy groups -OCH3 is 1. The second-order valence-corrected chi connectivity index (χ2v) is 5.75. The molecule has 2 heterocycles. The number of aromatic nitrogens is 1. The third-order valence-electron chi connectivity index (χ3n) is 3.44. The van der Waals surface area contributed by atoms with E-state index in [0.29, 0.717) is 11.3 Å². The third-order valence-corrected chi connectivity index (χ3v) is 4.30. The van der Waals surface area contributed by atoms with E-state index in [2.05, 4.69) is 15.6 Å². The maximum atomic E-state index is 12.1. The minimum atomic E-state index is -0.452. The Morgan fingerprint density at radius 1 is 1.22 bits per heavy atom. The van der Waals surface area contributed by atoms with Crippen LogP contribution in [0.15, 0.2) is 35.2 Å². The summed E-state index contributed by atoms with van der Waals surface area (Å²) in [5.74, 6) is -0.452. The summed E-state index contributed by atoms with van der Waals surface area (Å²) in [7, 11) is 1.33. The topological polar surface area (TPSA) is 83.2 Å². The molecule has 3 aromatic rings. The van der Waals surface area contributed by atoms with Crippen molar-refractivity contribution in [2.45, 2.75) is 6.92 Å². The van der Waals surface area contributed by atoms with Gasteiger partial charge < -0.3 is 20.4 Å². The van der Waals surface area contributed by atoms with Gasteiger partial charge in [-0.05, 0) is 36.1 Å². The normalized spacial score (nSPS) is 10.5. The van der Waals surface area contributed by atoms with Crippen LogP contribution in [0.3, 0.4) is 0 Å². The quantitative estimate of drug-likeness (QED) is 0.636. The van der Waals surface area contributed by atoms with Gasteiger partial charge in [-0.1, -0.05) is 0 Å². The number of aryl methyl sites for hydroxylation is 1. The highest BCUT2D eigenvalue weighted by Gasteiger charge is 2.14. The van der Waals surface area contributed by atoms with Crippen molar-refractivity contribution >= 4 is 45.6 Å². The fraction of sp³-hybridized carbons (Fsp3) is 0.125. The van der Waals surface area contributed by atoms with E-state index in [1.54, 1.807) is 24.4 Å². The van der Waals surface area contributed by atoms with Crippen LogP contribution in [-0.4, -0.2) is 24.1 Å². The lowest BCUT2D eigenvalue weighted by atomic mass is 10.1. The van der Waals surface area contributed by atoms with Crippen LogP contribution in [0.25, 0.3) is 10.9 Å². The van der Waals surface area contributed by atoms with Crippen LogP contribution >= 0.6 is 11.3 Å². The second kappa shape index (κ2) is 6.13. The monoisotopic (exact) mass is 329 g/mol. The van der Waals surface area contributed by atoms with Crippen molar-refractivity contribution in [3.8, 4) is 0 Å². The Morgan fingerprint density at radius 2 is 2.04 bits per heavy atom. The van der Waals surface area contributed by atoms with Gasteiger partial charge in [0, 0.05) is 28.2 Å². The van der Waals surface area contributed by atoms with Gasteiger partial charge in [-0.25, -0.2) is 9.59 Å². The first-order valence-electron chi connectivity index (χ1n) is 6.88. The van der Waals surface area contributed by atoms with Gasteiger partial charge in [0.25, 0.3) is 0 Å². The Bertz CT molecular complexity index is 882. The largest absolute Gasteiger partial charge is 0.465 e. The fourth-order valence-electron chi connectivity index (χ4n) is 2.29. The number of ether oxygens (including phenoxy) is 1. The molecule has 3 rings (SSSR count). The van der Waals surface area contributed by atoms with E-state index in [4.69, 9.17) is 4.74 Å². The van der Waals surface area contributed by atoms with Gasteiger partial charge in [-0.3, -0.25) is 0 Å². The van der Waals surface area contributed by atoms with Crippen molar-refractivity contribution in [1.82, 2.24) is 4.98 Å². The molecule has 0 spiro atoms. The zero-order chi connectivity index (χ0) is 16.4. The number of anilines is 2. The number of hydrogen-bond donors (Lipinski definition) is 3. The molecule has 0 saturated heterocycles. The number of carbonyl (C=O) groups excluding carboxylic acids is 2. The van der Waals surface area contributed by atoms with Gasteiger partial charge in [-0.2, -0.15) is 0 Å². The van der Waals surface area contributed by atoms with Crippen molar-refractivity contribution in [2.75, 3.05) is 17.7 Å². The number of fused-ring (bicyclic) bond motifs is 1. The molecule has 0 unspecified atom stereocenters. The lowest BCUT2D eigenvalue weighted by Crippen LogP contribution is -2.19. The van der Waals surface area contributed by atoms with E-state index in [1.165, 1.54) is 18.4 Å². The molecule has 0 bridgehead atoms. The highest BCUT2D eigenvalue weighted by Crippen LogP contribution is 2.25. The number of rotatable bonds is 3. The zero-order valence-electron chi connectivity index (χ0n) is 12.6. The molecule has 0 radical (unpaired) electrons. The van der Waals surface area contributed by atoms with E-state index in [9.17, 15) is 9.59 Å². The highest BCUT2D eigenvalue weighted by atomic mass is 32.1. The van der Waals surface area contributed by atoms with E-state index >= 15 is 0 Å². The molecular formula is C16H15N3O3S. The summed E-state index contributed by atoms with van der Waals surface area (Å²) < 4.78 is 4.79. The number of H-pyrrole nitrogens is 1. The summed E-state index contributed by atoms with van der Waals surface area (Å²) in [6.45, 7) is 1.92. The summed E-state index contributed by atoms with van der Waals surface area (Å²) >= 11 is 1.52.